The van der Waals surface area contributed by atoms with Gasteiger partial charge in [-0.2, -0.15) is 0 Å². The Kier molecular flexibility index (Phi) is 6.78. The van der Waals surface area contributed by atoms with Crippen LogP contribution in [-0.2, 0) is 4.74 Å². The first-order valence-electron chi connectivity index (χ1n) is 12.5. The molecule has 4 atom stereocenters. The number of carbonyl (C=O) groups is 1. The van der Waals surface area contributed by atoms with Crippen LogP contribution in [-0.4, -0.2) is 77.7 Å². The lowest BCUT2D eigenvalue weighted by Crippen LogP contribution is -2.36. The summed E-state index contributed by atoms with van der Waals surface area (Å²) in [6.07, 6.45) is 0.751. The molecule has 2 aliphatic rings. The van der Waals surface area contributed by atoms with Crippen LogP contribution in [0.5, 0.6) is 0 Å². The Morgan fingerprint density at radius 1 is 1.22 bits per heavy atom. The van der Waals surface area contributed by atoms with E-state index in [1.165, 1.54) is 10.5 Å². The first kappa shape index (κ1) is 24.8. The number of nitrogens with one attached hydrogen (secondary N) is 1. The van der Waals surface area contributed by atoms with Gasteiger partial charge in [0, 0.05) is 24.3 Å². The fourth-order valence-electron chi connectivity index (χ4n) is 4.48. The second-order valence-electron chi connectivity index (χ2n) is 10.4. The average molecular weight is 512 g/mol. The van der Waals surface area contributed by atoms with Crippen LogP contribution in [0.3, 0.4) is 0 Å². The first-order chi connectivity index (χ1) is 17.2. The van der Waals surface area contributed by atoms with E-state index in [1.807, 2.05) is 26.8 Å². The lowest BCUT2D eigenvalue weighted by molar-refractivity contribution is 0.0269. The number of benzene rings is 1. The molecule has 1 aliphatic heterocycles. The Morgan fingerprint density at radius 3 is 2.72 bits per heavy atom. The smallest absolute Gasteiger partial charge is 0.410 e. The van der Waals surface area contributed by atoms with Crippen molar-refractivity contribution >= 4 is 34.8 Å². The molecule has 1 aliphatic carbocycles. The molecule has 5 rings (SSSR count). The maximum absolute atomic E-state index is 12.6. The predicted octanol–water partition coefficient (Wildman–Crippen LogP) is 3.84. The van der Waals surface area contributed by atoms with Gasteiger partial charge in [0.2, 0.25) is 0 Å². The number of aromatic nitrogens is 5. The minimum Gasteiger partial charge on any atom is -0.444 e. The van der Waals surface area contributed by atoms with E-state index in [1.54, 1.807) is 16.4 Å². The van der Waals surface area contributed by atoms with E-state index < -0.39 is 23.8 Å². The number of rotatable bonds is 7. The van der Waals surface area contributed by atoms with Crippen LogP contribution >= 0.6 is 11.8 Å². The number of likely N-dealkylation sites (tertiary alicyclic amines) is 1. The van der Waals surface area contributed by atoms with Crippen molar-refractivity contribution < 1.29 is 14.6 Å². The van der Waals surface area contributed by atoms with Gasteiger partial charge >= 0.3 is 6.09 Å². The van der Waals surface area contributed by atoms with E-state index in [0.717, 1.165) is 18.6 Å². The molecule has 1 unspecified atom stereocenters. The maximum Gasteiger partial charge on any atom is 0.410 e. The molecule has 1 saturated heterocycles. The van der Waals surface area contributed by atoms with E-state index in [0.29, 0.717) is 28.1 Å². The van der Waals surface area contributed by atoms with Gasteiger partial charge in [-0.05, 0) is 39.2 Å². The van der Waals surface area contributed by atoms with Gasteiger partial charge in [0.1, 0.15) is 11.6 Å². The zero-order valence-corrected chi connectivity index (χ0v) is 21.9. The molecule has 3 heterocycles. The Hall–Kier alpha value is -2.92. The number of anilines is 1. The number of nitrogens with zero attached hydrogens (tertiary/aromatic N) is 6. The minimum atomic E-state index is -0.813. The van der Waals surface area contributed by atoms with E-state index in [2.05, 4.69) is 46.8 Å². The third kappa shape index (κ3) is 5.27. The highest BCUT2D eigenvalue weighted by Crippen LogP contribution is 2.43. The number of hydrogen-bond acceptors (Lipinski definition) is 9. The molecule has 0 radical (unpaired) electrons. The molecule has 1 saturated carbocycles. The van der Waals surface area contributed by atoms with Gasteiger partial charge in [0.15, 0.2) is 22.1 Å². The van der Waals surface area contributed by atoms with Gasteiger partial charge in [-0.3, -0.25) is 0 Å². The molecule has 3 aromatic rings. The fourth-order valence-corrected chi connectivity index (χ4v) is 5.17. The molecule has 1 amide bonds. The highest BCUT2D eigenvalue weighted by atomic mass is 32.2. The molecule has 10 nitrogen and oxygen atoms in total. The summed E-state index contributed by atoms with van der Waals surface area (Å²) in [4.78, 5) is 23.6. The Labute approximate surface area is 214 Å². The number of amides is 1. The maximum atomic E-state index is 12.6. The first-order valence-corrected chi connectivity index (χ1v) is 13.4. The number of aliphatic hydroxyl groups is 1. The van der Waals surface area contributed by atoms with Crippen LogP contribution in [0.4, 0.5) is 10.6 Å². The van der Waals surface area contributed by atoms with Crippen LogP contribution in [0, 0.1) is 0 Å². The lowest BCUT2D eigenvalue weighted by Gasteiger charge is -2.24. The standard InChI is InChI=1S/C25H33N7O3S/c1-5-11-36-23-27-21(26-17-12-16(17)15-9-7-6-8-10-15)20-22(28-23)32(30-29-20)18-13-31(14-19(18)33)24(34)35-25(2,3)4/h6-10,16-19,33H,5,11-14H2,1-4H3,(H,26,27,28)/t16-,17?,18-,19-/m0/s1. The molecule has 0 bridgehead atoms. The normalized spacial score (nSPS) is 23.8. The van der Waals surface area contributed by atoms with Crippen LogP contribution in [0.1, 0.15) is 58.1 Å². The van der Waals surface area contributed by atoms with Crippen molar-refractivity contribution in [2.75, 3.05) is 24.2 Å². The molecule has 36 heavy (non-hydrogen) atoms. The van der Waals surface area contributed by atoms with Crippen LogP contribution in [0.25, 0.3) is 11.2 Å². The predicted molar refractivity (Wildman–Crippen MR) is 138 cm³/mol. The number of ether oxygens (including phenoxy) is 1. The summed E-state index contributed by atoms with van der Waals surface area (Å²) in [6.45, 7) is 8.01. The Bertz CT molecular complexity index is 1230. The van der Waals surface area contributed by atoms with Gasteiger partial charge in [-0.15, -0.1) is 5.10 Å². The molecule has 192 valence electrons. The van der Waals surface area contributed by atoms with Gasteiger partial charge in [-0.1, -0.05) is 54.2 Å². The number of fused-ring (bicyclic) bond motifs is 1. The van der Waals surface area contributed by atoms with Crippen molar-refractivity contribution in [1.82, 2.24) is 29.9 Å². The van der Waals surface area contributed by atoms with Crippen LogP contribution < -0.4 is 5.32 Å². The molecule has 11 heteroatoms. The summed E-state index contributed by atoms with van der Waals surface area (Å²) < 4.78 is 7.13. The highest BCUT2D eigenvalue weighted by Gasteiger charge is 2.41. The summed E-state index contributed by atoms with van der Waals surface area (Å²) in [6, 6.07) is 10.2. The monoisotopic (exact) mass is 511 g/mol. The number of aliphatic hydroxyl groups excluding tert-OH is 1. The minimum absolute atomic E-state index is 0.162. The number of carbonyl (C=O) groups excluding carboxylic acids is 1. The highest BCUT2D eigenvalue weighted by molar-refractivity contribution is 7.99. The van der Waals surface area contributed by atoms with Crippen molar-refractivity contribution in [3.8, 4) is 0 Å². The van der Waals surface area contributed by atoms with E-state index in [-0.39, 0.29) is 19.1 Å². The third-order valence-corrected chi connectivity index (χ3v) is 7.36. The molecule has 2 N–H and O–H groups in total. The number of hydrogen-bond donors (Lipinski definition) is 2. The second-order valence-corrected chi connectivity index (χ2v) is 11.5. The Balaban J connectivity index is 1.41. The molecular weight excluding hydrogens is 478 g/mol. The number of β-amino-alcohol motifs (C(OH)–C–C–N with tert-alkyl or cyclic N) is 1. The zero-order valence-electron chi connectivity index (χ0n) is 21.1. The van der Waals surface area contributed by atoms with Crippen molar-refractivity contribution in [3.05, 3.63) is 35.9 Å². The summed E-state index contributed by atoms with van der Waals surface area (Å²) in [5.41, 5.74) is 1.82. The Morgan fingerprint density at radius 2 is 2.00 bits per heavy atom. The molecule has 1 aromatic carbocycles. The van der Waals surface area contributed by atoms with E-state index in [9.17, 15) is 9.90 Å². The molecule has 0 spiro atoms. The van der Waals surface area contributed by atoms with Crippen molar-refractivity contribution in [1.29, 1.82) is 0 Å². The largest absolute Gasteiger partial charge is 0.444 e. The summed E-state index contributed by atoms with van der Waals surface area (Å²) in [7, 11) is 0. The van der Waals surface area contributed by atoms with Crippen LogP contribution in [0.15, 0.2) is 35.5 Å². The fraction of sp³-hybridized carbons (Fsp3) is 0.560. The number of thioether (sulfide) groups is 1. The average Bonchev–Trinajstić information content (AvgIpc) is 3.29. The van der Waals surface area contributed by atoms with Crippen molar-refractivity contribution in [2.45, 2.75) is 75.4 Å². The summed E-state index contributed by atoms with van der Waals surface area (Å²) in [5.74, 6) is 1.97. The van der Waals surface area contributed by atoms with Gasteiger partial charge in [-0.25, -0.2) is 19.4 Å². The van der Waals surface area contributed by atoms with Gasteiger partial charge in [0.05, 0.1) is 12.6 Å². The lowest BCUT2D eigenvalue weighted by atomic mass is 10.1. The van der Waals surface area contributed by atoms with Crippen LogP contribution in [0.2, 0.25) is 0 Å². The van der Waals surface area contributed by atoms with Gasteiger partial charge in [0.25, 0.3) is 0 Å². The van der Waals surface area contributed by atoms with Gasteiger partial charge < -0.3 is 20.1 Å². The second kappa shape index (κ2) is 9.85. The molecule has 2 aromatic heterocycles. The summed E-state index contributed by atoms with van der Waals surface area (Å²) in [5, 5.41) is 23.8. The quantitative estimate of drug-likeness (QED) is 0.360. The van der Waals surface area contributed by atoms with E-state index in [4.69, 9.17) is 14.7 Å². The van der Waals surface area contributed by atoms with E-state index >= 15 is 0 Å². The SMILES string of the molecule is CCCSc1nc(NC2C[C@H]2c2ccccc2)c2nnn([C@H]3CN(C(=O)OC(C)(C)C)C[C@@H]3O)c2n1. The van der Waals surface area contributed by atoms with Crippen molar-refractivity contribution in [3.63, 3.8) is 0 Å². The topological polar surface area (TPSA) is 118 Å². The summed E-state index contributed by atoms with van der Waals surface area (Å²) >= 11 is 1.58. The zero-order chi connectivity index (χ0) is 25.4. The molecule has 2 fully saturated rings. The third-order valence-electron chi connectivity index (χ3n) is 6.30. The molecular formula is C25H33N7O3S. The van der Waals surface area contributed by atoms with Crippen molar-refractivity contribution in [2.24, 2.45) is 0 Å².